The molecule has 0 rings (SSSR count). The van der Waals surface area contributed by atoms with E-state index in [0.29, 0.717) is 0 Å². The van der Waals surface area contributed by atoms with Crippen LogP contribution in [0.3, 0.4) is 0 Å². The molecule has 0 aliphatic carbocycles. The first-order chi connectivity index (χ1) is 7.99. The van der Waals surface area contributed by atoms with Crippen LogP contribution in [0.4, 0.5) is 0 Å². The molecule has 0 spiro atoms. The zero-order chi connectivity index (χ0) is 13.3. The van der Waals surface area contributed by atoms with Crippen molar-refractivity contribution in [1.82, 2.24) is 0 Å². The second-order valence-electron chi connectivity index (χ2n) is 2.10. The van der Waals surface area contributed by atoms with E-state index in [1.54, 1.807) is 0 Å². The molecule has 0 radical (unpaired) electrons. The van der Waals surface area contributed by atoms with E-state index in [1.807, 2.05) is 0 Å². The van der Waals surface area contributed by atoms with Crippen molar-refractivity contribution >= 4 is 44.0 Å². The minimum atomic E-state index is -2.25. The molecule has 17 heavy (non-hydrogen) atoms. The van der Waals surface area contributed by atoms with Crippen LogP contribution in [0.1, 0.15) is 0 Å². The van der Waals surface area contributed by atoms with Crippen molar-refractivity contribution in [3.8, 4) is 0 Å². The summed E-state index contributed by atoms with van der Waals surface area (Å²) < 4.78 is 39.0. The van der Waals surface area contributed by atoms with Crippen molar-refractivity contribution in [1.29, 1.82) is 0 Å². The van der Waals surface area contributed by atoms with Crippen molar-refractivity contribution < 1.29 is 52.4 Å². The topological polar surface area (TPSA) is 161 Å². The second-order valence-corrected chi connectivity index (χ2v) is 2.10. The molecule has 4 N–H and O–H groups in total. The van der Waals surface area contributed by atoms with Gasteiger partial charge in [-0.1, -0.05) is 0 Å². The first-order valence-corrected chi connectivity index (χ1v) is 3.86. The van der Waals surface area contributed by atoms with Crippen molar-refractivity contribution in [3.05, 3.63) is 0 Å². The molecule has 88 valence electrons. The third kappa shape index (κ3) is 9.05. The SMILES string of the molecule is O=BOB(O)OB(O)OB(O)OB(O)OB=O. The van der Waals surface area contributed by atoms with Gasteiger partial charge >= 0.3 is 96.4 Å². The Morgan fingerprint density at radius 3 is 1.24 bits per heavy atom. The predicted molar refractivity (Wildman–Crippen MR) is 50.2 cm³/mol. The molecule has 11 nitrogen and oxygen atoms in total. The van der Waals surface area contributed by atoms with Gasteiger partial charge in [-0.25, -0.2) is 0 Å². The molecule has 0 heterocycles. The van der Waals surface area contributed by atoms with Crippen LogP contribution in [0.2, 0.25) is 0 Å². The molecule has 0 amide bonds. The number of hydrogen-bond donors (Lipinski definition) is 4. The Bertz CT molecular complexity index is 198. The Hall–Kier alpha value is -0.690. The summed E-state index contributed by atoms with van der Waals surface area (Å²) in [7, 11) is -9.11. The van der Waals surface area contributed by atoms with Crippen molar-refractivity contribution in [2.45, 2.75) is 0 Å². The van der Waals surface area contributed by atoms with Crippen LogP contribution in [0.25, 0.3) is 0 Å². The summed E-state index contributed by atoms with van der Waals surface area (Å²) in [4.78, 5) is 0. The van der Waals surface area contributed by atoms with Gasteiger partial charge in [0, 0.05) is 0 Å². The molecule has 0 unspecified atom stereocenters. The van der Waals surface area contributed by atoms with Crippen LogP contribution in [0.15, 0.2) is 0 Å². The minimum absolute atomic E-state index is 0.175. The van der Waals surface area contributed by atoms with Crippen molar-refractivity contribution in [3.63, 3.8) is 0 Å². The first kappa shape index (κ1) is 16.3. The number of rotatable bonds is 10. The Balaban J connectivity index is 3.81. The van der Waals surface area contributed by atoms with Crippen LogP contribution in [0.5, 0.6) is 0 Å². The van der Waals surface area contributed by atoms with Crippen LogP contribution in [-0.2, 0) is 32.3 Å². The molecule has 0 aliphatic heterocycles. The van der Waals surface area contributed by atoms with Gasteiger partial charge in [0.25, 0.3) is 0 Å². The van der Waals surface area contributed by atoms with Crippen LogP contribution in [-0.4, -0.2) is 64.1 Å². The predicted octanol–water partition coefficient (Wildman–Crippen LogP) is -5.09. The van der Waals surface area contributed by atoms with E-state index in [-0.39, 0.29) is 14.7 Å². The fraction of sp³-hybridized carbons (Fsp3) is 0. The van der Waals surface area contributed by atoms with Gasteiger partial charge in [0.05, 0.1) is 0 Å². The Kier molecular flexibility index (Phi) is 8.97. The van der Waals surface area contributed by atoms with Gasteiger partial charge in [0.15, 0.2) is 0 Å². The molecule has 0 aromatic heterocycles. The zero-order valence-corrected chi connectivity index (χ0v) is 8.11. The summed E-state index contributed by atoms with van der Waals surface area (Å²) in [5.74, 6) is 0. The fourth-order valence-corrected chi connectivity index (χ4v) is 0.522. The average molecular weight is 245 g/mol. The van der Waals surface area contributed by atoms with Crippen molar-refractivity contribution in [2.75, 3.05) is 0 Å². The maximum atomic E-state index is 9.69. The summed E-state index contributed by atoms with van der Waals surface area (Å²) >= 11 is 0. The summed E-state index contributed by atoms with van der Waals surface area (Å²) in [6, 6.07) is 0. The van der Waals surface area contributed by atoms with Crippen molar-refractivity contribution in [2.24, 2.45) is 0 Å². The zero-order valence-electron chi connectivity index (χ0n) is 8.11. The van der Waals surface area contributed by atoms with Crippen LogP contribution < -0.4 is 0 Å². The molecule has 0 saturated carbocycles. The van der Waals surface area contributed by atoms with E-state index < -0.39 is 29.3 Å². The van der Waals surface area contributed by atoms with Gasteiger partial charge in [-0.05, 0) is 0 Å². The van der Waals surface area contributed by atoms with Gasteiger partial charge in [0.1, 0.15) is 0 Å². The van der Waals surface area contributed by atoms with Crippen LogP contribution >= 0.6 is 0 Å². The molecule has 0 atom stereocenters. The molecule has 0 saturated heterocycles. The summed E-state index contributed by atoms with van der Waals surface area (Å²) in [5.41, 5.74) is 0. The molecular weight excluding hydrogens is 241 g/mol. The molecule has 0 fully saturated rings. The summed E-state index contributed by atoms with van der Waals surface area (Å²) in [6.07, 6.45) is 0. The third-order valence-corrected chi connectivity index (χ3v) is 1.04. The quantitative estimate of drug-likeness (QED) is 0.272. The van der Waals surface area contributed by atoms with E-state index in [0.717, 1.165) is 0 Å². The Morgan fingerprint density at radius 2 is 0.941 bits per heavy atom. The molecule has 0 aromatic rings. The second kappa shape index (κ2) is 9.35. The molecule has 0 aromatic carbocycles. The maximum absolute atomic E-state index is 9.69. The fourth-order valence-electron chi connectivity index (χ4n) is 0.522. The normalized spacial score (nSPS) is 8.71. The summed E-state index contributed by atoms with van der Waals surface area (Å²) in [6.45, 7) is 0. The Morgan fingerprint density at radius 1 is 0.647 bits per heavy atom. The molecule has 0 aliphatic rings. The monoisotopic (exact) mass is 246 g/mol. The molecule has 17 heteroatoms. The van der Waals surface area contributed by atoms with Gasteiger partial charge in [-0.3, -0.25) is 0 Å². The third-order valence-electron chi connectivity index (χ3n) is 1.04. The number of hydrogen-bond acceptors (Lipinski definition) is 11. The van der Waals surface area contributed by atoms with E-state index >= 15 is 0 Å². The van der Waals surface area contributed by atoms with Gasteiger partial charge < -0.3 is 0 Å². The average Bonchev–Trinajstić information content (AvgIpc) is 2.16. The Labute approximate surface area is 97.2 Å². The van der Waals surface area contributed by atoms with E-state index in [1.165, 1.54) is 0 Å². The standard InChI is InChI=1S/B6H4O11/c7-1-13-3(9)15-5(11)17-6(12)16-4(10)14-2-8/h9-12H. The van der Waals surface area contributed by atoms with E-state index in [2.05, 4.69) is 22.9 Å². The van der Waals surface area contributed by atoms with Gasteiger partial charge in [-0.2, -0.15) is 0 Å². The van der Waals surface area contributed by atoms with E-state index in [4.69, 9.17) is 20.1 Å². The van der Waals surface area contributed by atoms with Gasteiger partial charge in [0.2, 0.25) is 0 Å². The summed E-state index contributed by atoms with van der Waals surface area (Å²) in [5, 5.41) is 34.9. The van der Waals surface area contributed by atoms with Crippen LogP contribution in [0, 0.1) is 0 Å². The molecule has 0 bridgehead atoms. The molecular formula is H4B6O11. The van der Waals surface area contributed by atoms with E-state index in [9.17, 15) is 9.41 Å². The van der Waals surface area contributed by atoms with Gasteiger partial charge in [-0.15, -0.1) is 0 Å². The first-order valence-electron chi connectivity index (χ1n) is 3.86.